The summed E-state index contributed by atoms with van der Waals surface area (Å²) in [7, 11) is 0. The monoisotopic (exact) mass is 216 g/mol. The first-order valence-electron chi connectivity index (χ1n) is 4.93. The fraction of sp³-hybridized carbons (Fsp3) is 0.778. The lowest BCUT2D eigenvalue weighted by molar-refractivity contribution is -0.122. The van der Waals surface area contributed by atoms with Crippen LogP contribution in [0.4, 0.5) is 4.79 Å². The minimum atomic E-state index is -1.18. The van der Waals surface area contributed by atoms with Crippen molar-refractivity contribution < 1.29 is 19.8 Å². The first-order valence-corrected chi connectivity index (χ1v) is 4.93. The smallest absolute Gasteiger partial charge is 0.404 e. The normalized spacial score (nSPS) is 27.2. The van der Waals surface area contributed by atoms with Gasteiger partial charge >= 0.3 is 6.09 Å². The summed E-state index contributed by atoms with van der Waals surface area (Å²) in [5, 5.41) is 22.3. The van der Waals surface area contributed by atoms with Gasteiger partial charge < -0.3 is 20.8 Å². The van der Waals surface area contributed by atoms with Crippen LogP contribution in [0, 0.1) is 5.92 Å². The predicted octanol–water partition coefficient (Wildman–Crippen LogP) is -0.470. The van der Waals surface area contributed by atoms with E-state index in [0.29, 0.717) is 12.8 Å². The maximum atomic E-state index is 11.4. The minimum Gasteiger partial charge on any atom is -0.465 e. The molecular weight excluding hydrogens is 200 g/mol. The molecule has 2 amide bonds. The molecule has 15 heavy (non-hydrogen) atoms. The molecule has 0 radical (unpaired) electrons. The van der Waals surface area contributed by atoms with Crippen LogP contribution in [0.1, 0.15) is 19.8 Å². The number of amides is 2. The number of carbonyl (C=O) groups excluding carboxylic acids is 1. The van der Waals surface area contributed by atoms with Crippen LogP contribution >= 0.6 is 0 Å². The van der Waals surface area contributed by atoms with Crippen molar-refractivity contribution in [2.45, 2.75) is 31.8 Å². The van der Waals surface area contributed by atoms with Gasteiger partial charge in [-0.25, -0.2) is 4.79 Å². The van der Waals surface area contributed by atoms with E-state index in [0.717, 1.165) is 0 Å². The zero-order valence-electron chi connectivity index (χ0n) is 8.56. The largest absolute Gasteiger partial charge is 0.465 e. The van der Waals surface area contributed by atoms with Gasteiger partial charge in [0.15, 0.2) is 0 Å². The summed E-state index contributed by atoms with van der Waals surface area (Å²) >= 11 is 0. The summed E-state index contributed by atoms with van der Waals surface area (Å²) in [6.07, 6.45) is -0.143. The van der Waals surface area contributed by atoms with E-state index in [1.54, 1.807) is 0 Å². The van der Waals surface area contributed by atoms with E-state index in [-0.39, 0.29) is 24.5 Å². The van der Waals surface area contributed by atoms with Crippen LogP contribution in [-0.2, 0) is 4.79 Å². The highest BCUT2D eigenvalue weighted by molar-refractivity contribution is 5.81. The molecule has 0 aromatic carbocycles. The molecule has 1 fully saturated rings. The van der Waals surface area contributed by atoms with Crippen LogP contribution in [0.2, 0.25) is 0 Å². The van der Waals surface area contributed by atoms with Crippen molar-refractivity contribution in [1.82, 2.24) is 10.6 Å². The lowest BCUT2D eigenvalue weighted by Gasteiger charge is -2.16. The fourth-order valence-electron chi connectivity index (χ4n) is 1.85. The van der Waals surface area contributed by atoms with E-state index >= 15 is 0 Å². The average Bonchev–Trinajstić information content (AvgIpc) is 2.43. The first-order chi connectivity index (χ1) is 7.02. The molecule has 6 nitrogen and oxygen atoms in total. The number of aliphatic hydroxyl groups is 1. The van der Waals surface area contributed by atoms with Crippen molar-refractivity contribution >= 4 is 12.0 Å². The lowest BCUT2D eigenvalue weighted by atomic mass is 9.97. The zero-order valence-corrected chi connectivity index (χ0v) is 8.56. The van der Waals surface area contributed by atoms with Gasteiger partial charge in [0.1, 0.15) is 0 Å². The molecule has 0 aliphatic carbocycles. The Bertz CT molecular complexity index is 256. The second-order valence-corrected chi connectivity index (χ2v) is 3.91. The van der Waals surface area contributed by atoms with Gasteiger partial charge in [-0.15, -0.1) is 0 Å². The van der Waals surface area contributed by atoms with E-state index in [4.69, 9.17) is 10.2 Å². The van der Waals surface area contributed by atoms with Crippen molar-refractivity contribution in [3.8, 4) is 0 Å². The summed E-state index contributed by atoms with van der Waals surface area (Å²) in [4.78, 5) is 21.7. The molecule has 0 unspecified atom stereocenters. The molecule has 1 rings (SSSR count). The number of nitrogens with one attached hydrogen (secondary N) is 2. The van der Waals surface area contributed by atoms with Gasteiger partial charge in [0.05, 0.1) is 12.6 Å². The Labute approximate surface area is 87.7 Å². The molecular formula is C9H16N2O4. The summed E-state index contributed by atoms with van der Waals surface area (Å²) in [6.45, 7) is 1.61. The van der Waals surface area contributed by atoms with Crippen LogP contribution in [0.5, 0.6) is 0 Å². The highest BCUT2D eigenvalue weighted by atomic mass is 16.4. The molecule has 4 N–H and O–H groups in total. The lowest BCUT2D eigenvalue weighted by Crippen LogP contribution is -2.39. The predicted molar refractivity (Wildman–Crippen MR) is 52.4 cm³/mol. The quantitative estimate of drug-likeness (QED) is 0.510. The summed E-state index contributed by atoms with van der Waals surface area (Å²) in [5.74, 6) is -0.267. The van der Waals surface area contributed by atoms with Gasteiger partial charge in [-0.2, -0.15) is 0 Å². The van der Waals surface area contributed by atoms with Crippen molar-refractivity contribution in [3.05, 3.63) is 0 Å². The van der Waals surface area contributed by atoms with Gasteiger partial charge in [-0.3, -0.25) is 4.79 Å². The minimum absolute atomic E-state index is 0.0619. The Morgan fingerprint density at radius 3 is 2.80 bits per heavy atom. The summed E-state index contributed by atoms with van der Waals surface area (Å²) < 4.78 is 0. The molecule has 0 bridgehead atoms. The van der Waals surface area contributed by atoms with Gasteiger partial charge in [-0.05, 0) is 19.8 Å². The average molecular weight is 216 g/mol. The van der Waals surface area contributed by atoms with E-state index < -0.39 is 12.1 Å². The van der Waals surface area contributed by atoms with E-state index in [1.165, 1.54) is 0 Å². The second-order valence-electron chi connectivity index (χ2n) is 3.91. The second kappa shape index (κ2) is 4.97. The van der Waals surface area contributed by atoms with Crippen molar-refractivity contribution in [2.75, 3.05) is 6.61 Å². The van der Waals surface area contributed by atoms with Crippen LogP contribution in [0.15, 0.2) is 0 Å². The summed E-state index contributed by atoms with van der Waals surface area (Å²) in [6, 6.07) is -0.435. The first kappa shape index (κ1) is 11.8. The zero-order chi connectivity index (χ0) is 11.4. The molecule has 1 aliphatic heterocycles. The van der Waals surface area contributed by atoms with Crippen molar-refractivity contribution in [3.63, 3.8) is 0 Å². The van der Waals surface area contributed by atoms with Crippen LogP contribution in [-0.4, -0.2) is 40.9 Å². The number of rotatable bonds is 4. The van der Waals surface area contributed by atoms with Crippen molar-refractivity contribution in [1.29, 1.82) is 0 Å². The Morgan fingerprint density at radius 1 is 1.73 bits per heavy atom. The molecule has 6 heteroatoms. The topological polar surface area (TPSA) is 98.7 Å². The highest BCUT2D eigenvalue weighted by Gasteiger charge is 2.31. The number of aliphatic hydroxyl groups excluding tert-OH is 1. The Balaban J connectivity index is 2.44. The standard InChI is InChI=1S/C9H16N2O4/c1-5-2-6(8(13)10-5)3-7(4-12)11-9(14)15/h5-7,11-12H,2-4H2,1H3,(H,10,13)(H,14,15)/t5-,6+,7+/m1/s1. The van der Waals surface area contributed by atoms with Crippen LogP contribution in [0.25, 0.3) is 0 Å². The SMILES string of the molecule is C[C@@H]1C[C@@H](C[C@@H](CO)NC(=O)O)C(=O)N1. The van der Waals surface area contributed by atoms with Crippen LogP contribution in [0.3, 0.4) is 0 Å². The molecule has 1 heterocycles. The molecule has 1 saturated heterocycles. The van der Waals surface area contributed by atoms with Crippen molar-refractivity contribution in [2.24, 2.45) is 5.92 Å². The molecule has 86 valence electrons. The maximum absolute atomic E-state index is 11.4. The number of hydrogen-bond acceptors (Lipinski definition) is 3. The van der Waals surface area contributed by atoms with E-state index in [9.17, 15) is 9.59 Å². The van der Waals surface area contributed by atoms with Gasteiger partial charge in [0, 0.05) is 12.0 Å². The maximum Gasteiger partial charge on any atom is 0.404 e. The summed E-state index contributed by atoms with van der Waals surface area (Å²) in [5.41, 5.74) is 0. The third-order valence-electron chi connectivity index (χ3n) is 2.51. The Hall–Kier alpha value is -1.30. The van der Waals surface area contributed by atoms with Crippen LogP contribution < -0.4 is 10.6 Å². The Kier molecular flexibility index (Phi) is 3.90. The Morgan fingerprint density at radius 2 is 2.40 bits per heavy atom. The van der Waals surface area contributed by atoms with Gasteiger partial charge in [0.2, 0.25) is 5.91 Å². The molecule has 0 aromatic rings. The number of hydrogen-bond donors (Lipinski definition) is 4. The molecule has 0 spiro atoms. The third-order valence-corrected chi connectivity index (χ3v) is 2.51. The van der Waals surface area contributed by atoms with Gasteiger partial charge in [-0.1, -0.05) is 0 Å². The van der Waals surface area contributed by atoms with Gasteiger partial charge in [0.25, 0.3) is 0 Å². The highest BCUT2D eigenvalue weighted by Crippen LogP contribution is 2.20. The molecule has 0 aromatic heterocycles. The number of carboxylic acid groups (broad SMARTS) is 1. The molecule has 0 saturated carbocycles. The molecule has 1 aliphatic rings. The molecule has 3 atom stereocenters. The van der Waals surface area contributed by atoms with E-state index in [2.05, 4.69) is 10.6 Å². The van der Waals surface area contributed by atoms with E-state index in [1.807, 2.05) is 6.92 Å². The fourth-order valence-corrected chi connectivity index (χ4v) is 1.85. The number of carbonyl (C=O) groups is 2. The third kappa shape index (κ3) is 3.39.